The van der Waals surface area contributed by atoms with Gasteiger partial charge in [0, 0.05) is 24.3 Å². The summed E-state index contributed by atoms with van der Waals surface area (Å²) in [5.41, 5.74) is 3.51. The van der Waals surface area contributed by atoms with Gasteiger partial charge in [0.1, 0.15) is 5.82 Å². The molecule has 2 aromatic rings. The SMILES string of the molecule is CCN(c1ccc(C)cc1)c1cc(CCl)ccn1. The molecule has 0 spiro atoms. The van der Waals surface area contributed by atoms with Gasteiger partial charge in [0.05, 0.1) is 0 Å². The molecular weight excluding hydrogens is 244 g/mol. The number of halogens is 1. The molecule has 0 aliphatic rings. The molecule has 1 heterocycles. The lowest BCUT2D eigenvalue weighted by atomic mass is 10.2. The molecule has 3 heteroatoms. The van der Waals surface area contributed by atoms with Crippen LogP contribution >= 0.6 is 11.6 Å². The van der Waals surface area contributed by atoms with Crippen molar-refractivity contribution in [2.75, 3.05) is 11.4 Å². The van der Waals surface area contributed by atoms with Crippen LogP contribution < -0.4 is 4.90 Å². The van der Waals surface area contributed by atoms with Crippen molar-refractivity contribution in [3.63, 3.8) is 0 Å². The molecule has 0 saturated heterocycles. The summed E-state index contributed by atoms with van der Waals surface area (Å²) in [5.74, 6) is 1.46. The van der Waals surface area contributed by atoms with Crippen molar-refractivity contribution in [3.05, 3.63) is 53.7 Å². The average molecular weight is 261 g/mol. The Morgan fingerprint density at radius 1 is 1.17 bits per heavy atom. The van der Waals surface area contributed by atoms with Gasteiger partial charge < -0.3 is 4.90 Å². The third-order valence-electron chi connectivity index (χ3n) is 2.90. The molecule has 2 nitrogen and oxygen atoms in total. The molecule has 1 aromatic heterocycles. The van der Waals surface area contributed by atoms with Gasteiger partial charge in [-0.3, -0.25) is 0 Å². The van der Waals surface area contributed by atoms with E-state index >= 15 is 0 Å². The summed E-state index contributed by atoms with van der Waals surface area (Å²) in [4.78, 5) is 6.60. The van der Waals surface area contributed by atoms with E-state index in [4.69, 9.17) is 11.6 Å². The van der Waals surface area contributed by atoms with Crippen molar-refractivity contribution >= 4 is 23.1 Å². The third kappa shape index (κ3) is 2.82. The second-order valence-electron chi connectivity index (χ2n) is 4.24. The standard InChI is InChI=1S/C15H17ClN2/c1-3-18(14-6-4-12(2)5-7-14)15-10-13(11-16)8-9-17-15/h4-10H,3,11H2,1-2H3. The van der Waals surface area contributed by atoms with E-state index < -0.39 is 0 Å². The minimum Gasteiger partial charge on any atom is -0.327 e. The first-order valence-electron chi connectivity index (χ1n) is 6.09. The molecular formula is C15H17ClN2. The number of pyridine rings is 1. The van der Waals surface area contributed by atoms with Crippen molar-refractivity contribution in [2.24, 2.45) is 0 Å². The molecule has 18 heavy (non-hydrogen) atoms. The predicted octanol–water partition coefficient (Wildman–Crippen LogP) is 4.29. The fourth-order valence-corrected chi connectivity index (χ4v) is 2.06. The zero-order chi connectivity index (χ0) is 13.0. The van der Waals surface area contributed by atoms with Gasteiger partial charge in [-0.1, -0.05) is 17.7 Å². The fourth-order valence-electron chi connectivity index (χ4n) is 1.89. The lowest BCUT2D eigenvalue weighted by molar-refractivity contribution is 0.985. The van der Waals surface area contributed by atoms with E-state index in [0.717, 1.165) is 23.6 Å². The molecule has 0 amide bonds. The highest BCUT2D eigenvalue weighted by molar-refractivity contribution is 6.17. The number of nitrogens with zero attached hydrogens (tertiary/aromatic N) is 2. The first kappa shape index (κ1) is 12.9. The monoisotopic (exact) mass is 260 g/mol. The number of aromatic nitrogens is 1. The molecule has 0 fully saturated rings. The van der Waals surface area contributed by atoms with Crippen molar-refractivity contribution in [2.45, 2.75) is 19.7 Å². The van der Waals surface area contributed by atoms with E-state index in [9.17, 15) is 0 Å². The van der Waals surface area contributed by atoms with Crippen LogP contribution in [0.25, 0.3) is 0 Å². The van der Waals surface area contributed by atoms with Crippen LogP contribution in [0.3, 0.4) is 0 Å². The zero-order valence-electron chi connectivity index (χ0n) is 10.7. The maximum Gasteiger partial charge on any atom is 0.133 e. The van der Waals surface area contributed by atoms with Crippen LogP contribution in [-0.4, -0.2) is 11.5 Å². The highest BCUT2D eigenvalue weighted by atomic mass is 35.5. The number of rotatable bonds is 4. The Morgan fingerprint density at radius 2 is 1.89 bits per heavy atom. The Hall–Kier alpha value is -1.54. The van der Waals surface area contributed by atoms with Gasteiger partial charge in [0.15, 0.2) is 0 Å². The molecule has 2 rings (SSSR count). The van der Waals surface area contributed by atoms with E-state index in [1.807, 2.05) is 18.3 Å². The van der Waals surface area contributed by atoms with Crippen LogP contribution in [0, 0.1) is 6.92 Å². The zero-order valence-corrected chi connectivity index (χ0v) is 11.5. The maximum atomic E-state index is 5.87. The van der Waals surface area contributed by atoms with E-state index in [0.29, 0.717) is 5.88 Å². The number of alkyl halides is 1. The Kier molecular flexibility index (Phi) is 4.21. The van der Waals surface area contributed by atoms with Gasteiger partial charge in [0.2, 0.25) is 0 Å². The average Bonchev–Trinajstić information content (AvgIpc) is 2.42. The van der Waals surface area contributed by atoms with Gasteiger partial charge in [-0.25, -0.2) is 4.98 Å². The van der Waals surface area contributed by atoms with E-state index in [-0.39, 0.29) is 0 Å². The molecule has 94 valence electrons. The second kappa shape index (κ2) is 5.87. The highest BCUT2D eigenvalue weighted by Crippen LogP contribution is 2.24. The Bertz CT molecular complexity index is 508. The molecule has 0 atom stereocenters. The molecule has 0 radical (unpaired) electrons. The number of aryl methyl sites for hydroxylation is 1. The van der Waals surface area contributed by atoms with E-state index in [2.05, 4.69) is 48.0 Å². The first-order chi connectivity index (χ1) is 8.74. The Labute approximate surface area is 113 Å². The van der Waals surface area contributed by atoms with Crippen LogP contribution in [0.1, 0.15) is 18.1 Å². The molecule has 0 unspecified atom stereocenters. The minimum absolute atomic E-state index is 0.515. The summed E-state index contributed by atoms with van der Waals surface area (Å²) >= 11 is 5.87. The lowest BCUT2D eigenvalue weighted by Crippen LogP contribution is -2.17. The topological polar surface area (TPSA) is 16.1 Å². The van der Waals surface area contributed by atoms with Crippen molar-refractivity contribution in [1.29, 1.82) is 0 Å². The van der Waals surface area contributed by atoms with Gasteiger partial charge >= 0.3 is 0 Å². The summed E-state index contributed by atoms with van der Waals surface area (Å²) in [6.07, 6.45) is 1.81. The normalized spacial score (nSPS) is 10.4. The molecule has 0 bridgehead atoms. The van der Waals surface area contributed by atoms with E-state index in [1.54, 1.807) is 0 Å². The van der Waals surface area contributed by atoms with Crippen LogP contribution in [0.15, 0.2) is 42.6 Å². The fraction of sp³-hybridized carbons (Fsp3) is 0.267. The maximum absolute atomic E-state index is 5.87. The molecule has 0 aliphatic heterocycles. The molecule has 0 N–H and O–H groups in total. The first-order valence-corrected chi connectivity index (χ1v) is 6.63. The van der Waals surface area contributed by atoms with Crippen molar-refractivity contribution in [3.8, 4) is 0 Å². The summed E-state index contributed by atoms with van der Waals surface area (Å²) in [7, 11) is 0. The van der Waals surface area contributed by atoms with Gasteiger partial charge in [-0.05, 0) is 43.7 Å². The van der Waals surface area contributed by atoms with Crippen LogP contribution in [0.2, 0.25) is 0 Å². The quantitative estimate of drug-likeness (QED) is 0.763. The van der Waals surface area contributed by atoms with Gasteiger partial charge in [0.25, 0.3) is 0 Å². The van der Waals surface area contributed by atoms with Gasteiger partial charge in [-0.2, -0.15) is 0 Å². The summed E-state index contributed by atoms with van der Waals surface area (Å²) in [6.45, 7) is 5.09. The number of benzene rings is 1. The number of hydrogen-bond donors (Lipinski definition) is 0. The molecule has 0 saturated carbocycles. The minimum atomic E-state index is 0.515. The summed E-state index contributed by atoms with van der Waals surface area (Å²) in [6, 6.07) is 12.4. The lowest BCUT2D eigenvalue weighted by Gasteiger charge is -2.22. The second-order valence-corrected chi connectivity index (χ2v) is 4.50. The van der Waals surface area contributed by atoms with Crippen LogP contribution in [0.5, 0.6) is 0 Å². The van der Waals surface area contributed by atoms with Crippen molar-refractivity contribution < 1.29 is 0 Å². The highest BCUT2D eigenvalue weighted by Gasteiger charge is 2.08. The predicted molar refractivity (Wildman–Crippen MR) is 77.7 cm³/mol. The Morgan fingerprint density at radius 3 is 2.50 bits per heavy atom. The smallest absolute Gasteiger partial charge is 0.133 e. The number of hydrogen-bond acceptors (Lipinski definition) is 2. The van der Waals surface area contributed by atoms with E-state index in [1.165, 1.54) is 5.56 Å². The largest absolute Gasteiger partial charge is 0.327 e. The summed E-state index contributed by atoms with van der Waals surface area (Å²) in [5, 5.41) is 0. The molecule has 0 aliphatic carbocycles. The van der Waals surface area contributed by atoms with Crippen LogP contribution in [-0.2, 0) is 5.88 Å². The van der Waals surface area contributed by atoms with Crippen LogP contribution in [0.4, 0.5) is 11.5 Å². The Balaban J connectivity index is 2.35. The molecule has 1 aromatic carbocycles. The third-order valence-corrected chi connectivity index (χ3v) is 3.21. The number of anilines is 2. The van der Waals surface area contributed by atoms with Gasteiger partial charge in [-0.15, -0.1) is 11.6 Å². The van der Waals surface area contributed by atoms with Crippen molar-refractivity contribution in [1.82, 2.24) is 4.98 Å². The summed E-state index contributed by atoms with van der Waals surface area (Å²) < 4.78 is 0.